The van der Waals surface area contributed by atoms with Gasteiger partial charge in [-0.25, -0.2) is 0 Å². The predicted molar refractivity (Wildman–Crippen MR) is 79.0 cm³/mol. The average Bonchev–Trinajstić information content (AvgIpc) is 3.20. The zero-order valence-corrected chi connectivity index (χ0v) is 12.1. The maximum Gasteiger partial charge on any atom is 0.183 e. The molecule has 2 fully saturated rings. The van der Waals surface area contributed by atoms with Gasteiger partial charge in [0.1, 0.15) is 12.1 Å². The van der Waals surface area contributed by atoms with Crippen molar-refractivity contribution < 1.29 is 14.6 Å². The van der Waals surface area contributed by atoms with Crippen LogP contribution in [0.25, 0.3) is 0 Å². The molecule has 0 amide bonds. The molecule has 2 aromatic rings. The van der Waals surface area contributed by atoms with Crippen molar-refractivity contribution in [3.05, 3.63) is 54.4 Å². The van der Waals surface area contributed by atoms with E-state index in [9.17, 15) is 5.11 Å². The molecule has 116 valence electrons. The Morgan fingerprint density at radius 1 is 1.27 bits per heavy atom. The lowest BCUT2D eigenvalue weighted by atomic mass is 9.96. The largest absolute Gasteiger partial charge is 0.389 e. The first kappa shape index (κ1) is 13.9. The molecule has 5 atom stereocenters. The first-order valence-electron chi connectivity index (χ1n) is 7.54. The van der Waals surface area contributed by atoms with E-state index in [4.69, 9.17) is 9.47 Å². The Balaban J connectivity index is 1.51. The molecule has 22 heavy (non-hydrogen) atoms. The summed E-state index contributed by atoms with van der Waals surface area (Å²) in [4.78, 5) is 0. The minimum Gasteiger partial charge on any atom is -0.389 e. The number of ether oxygens (including phenoxy) is 2. The van der Waals surface area contributed by atoms with Crippen molar-refractivity contribution in [1.82, 2.24) is 15.1 Å². The van der Waals surface area contributed by atoms with Crippen LogP contribution >= 0.6 is 0 Å². The van der Waals surface area contributed by atoms with E-state index >= 15 is 0 Å². The quantitative estimate of drug-likeness (QED) is 0.870. The lowest BCUT2D eigenvalue weighted by Crippen LogP contribution is -2.57. The van der Waals surface area contributed by atoms with Gasteiger partial charge >= 0.3 is 0 Å². The highest BCUT2D eigenvalue weighted by Crippen LogP contribution is 2.35. The van der Waals surface area contributed by atoms with Gasteiger partial charge in [-0.3, -0.25) is 4.68 Å². The van der Waals surface area contributed by atoms with Crippen molar-refractivity contribution in [3.63, 3.8) is 0 Å². The van der Waals surface area contributed by atoms with Crippen molar-refractivity contribution in [2.24, 2.45) is 0 Å². The second kappa shape index (κ2) is 5.81. The van der Waals surface area contributed by atoms with E-state index in [1.54, 1.807) is 10.9 Å². The molecule has 4 rings (SSSR count). The van der Waals surface area contributed by atoms with Gasteiger partial charge in [-0.15, -0.1) is 0 Å². The normalized spacial score (nSPS) is 34.0. The minimum absolute atomic E-state index is 0.129. The Morgan fingerprint density at radius 3 is 2.91 bits per heavy atom. The standard InChI is InChI=1S/C16H19N3O3/c20-15-13(17-9-11-5-2-1-3-6-11)12-10-21-16(22-12)14(15)19-8-4-7-18-19/h1-8,12-17,20H,9-10H2. The lowest BCUT2D eigenvalue weighted by molar-refractivity contribution is -0.168. The van der Waals surface area contributed by atoms with Crippen LogP contribution in [0.4, 0.5) is 0 Å². The van der Waals surface area contributed by atoms with Gasteiger partial charge in [0.2, 0.25) is 0 Å². The molecule has 0 spiro atoms. The highest BCUT2D eigenvalue weighted by atomic mass is 16.7. The predicted octanol–water partition coefficient (Wildman–Crippen LogP) is 0.699. The van der Waals surface area contributed by atoms with Crippen LogP contribution < -0.4 is 5.32 Å². The molecule has 6 nitrogen and oxygen atoms in total. The summed E-state index contributed by atoms with van der Waals surface area (Å²) in [7, 11) is 0. The SMILES string of the molecule is OC1C(NCc2ccccc2)C2COC(O2)C1n1cccn1. The topological polar surface area (TPSA) is 68.5 Å². The molecule has 3 heterocycles. The number of nitrogens with zero attached hydrogens (tertiary/aromatic N) is 2. The molecule has 2 N–H and O–H groups in total. The summed E-state index contributed by atoms with van der Waals surface area (Å²) >= 11 is 0. The average molecular weight is 301 g/mol. The fraction of sp³-hybridized carbons (Fsp3) is 0.438. The van der Waals surface area contributed by atoms with Crippen LogP contribution in [0.15, 0.2) is 48.8 Å². The van der Waals surface area contributed by atoms with Gasteiger partial charge < -0.3 is 19.9 Å². The molecule has 1 aromatic heterocycles. The molecule has 5 unspecified atom stereocenters. The number of benzene rings is 1. The van der Waals surface area contributed by atoms with Crippen LogP contribution in [0.1, 0.15) is 11.6 Å². The minimum atomic E-state index is -0.616. The number of nitrogens with one attached hydrogen (secondary N) is 1. The number of aliphatic hydroxyl groups is 1. The van der Waals surface area contributed by atoms with Crippen LogP contribution in [0, 0.1) is 0 Å². The second-order valence-electron chi connectivity index (χ2n) is 5.74. The maximum atomic E-state index is 10.8. The number of aromatic nitrogens is 2. The van der Waals surface area contributed by atoms with Crippen molar-refractivity contribution in [1.29, 1.82) is 0 Å². The van der Waals surface area contributed by atoms with Crippen molar-refractivity contribution >= 4 is 0 Å². The van der Waals surface area contributed by atoms with Crippen LogP contribution in [0.3, 0.4) is 0 Å². The Kier molecular flexibility index (Phi) is 3.67. The first-order valence-corrected chi connectivity index (χ1v) is 7.54. The Morgan fingerprint density at radius 2 is 2.14 bits per heavy atom. The lowest BCUT2D eigenvalue weighted by Gasteiger charge is -2.38. The molecule has 2 aliphatic heterocycles. The van der Waals surface area contributed by atoms with E-state index in [0.29, 0.717) is 13.2 Å². The van der Waals surface area contributed by atoms with Gasteiger partial charge in [0.15, 0.2) is 6.29 Å². The third-order valence-corrected chi connectivity index (χ3v) is 4.35. The maximum absolute atomic E-state index is 10.8. The van der Waals surface area contributed by atoms with Crippen LogP contribution in [0.2, 0.25) is 0 Å². The van der Waals surface area contributed by atoms with Gasteiger partial charge in [-0.2, -0.15) is 5.10 Å². The molecular formula is C16H19N3O3. The van der Waals surface area contributed by atoms with Gasteiger partial charge in [-0.1, -0.05) is 30.3 Å². The summed E-state index contributed by atoms with van der Waals surface area (Å²) in [5.74, 6) is 0. The molecule has 0 radical (unpaired) electrons. The fourth-order valence-corrected chi connectivity index (χ4v) is 3.22. The summed E-state index contributed by atoms with van der Waals surface area (Å²) in [5.41, 5.74) is 1.17. The first-order chi connectivity index (χ1) is 10.8. The molecule has 2 saturated heterocycles. The Labute approximate surface area is 128 Å². The number of rotatable bonds is 4. The molecule has 2 aliphatic rings. The van der Waals surface area contributed by atoms with Crippen LogP contribution in [-0.2, 0) is 16.0 Å². The summed E-state index contributed by atoms with van der Waals surface area (Å²) in [6, 6.07) is 11.4. The second-order valence-corrected chi connectivity index (χ2v) is 5.74. The van der Waals surface area contributed by atoms with E-state index in [0.717, 1.165) is 0 Å². The van der Waals surface area contributed by atoms with Crippen LogP contribution in [-0.4, -0.2) is 46.0 Å². The third kappa shape index (κ3) is 2.44. The summed E-state index contributed by atoms with van der Waals surface area (Å²) < 4.78 is 13.3. The van der Waals surface area contributed by atoms with E-state index in [1.165, 1.54) is 5.56 Å². The van der Waals surface area contributed by atoms with Gasteiger partial charge in [0, 0.05) is 18.9 Å². The Bertz CT molecular complexity index is 604. The van der Waals surface area contributed by atoms with E-state index < -0.39 is 12.4 Å². The summed E-state index contributed by atoms with van der Waals surface area (Å²) in [5, 5.41) is 18.4. The van der Waals surface area contributed by atoms with E-state index in [1.807, 2.05) is 30.5 Å². The highest BCUT2D eigenvalue weighted by Gasteiger charge is 2.50. The molecule has 2 bridgehead atoms. The summed E-state index contributed by atoms with van der Waals surface area (Å²) in [6.45, 7) is 1.17. The number of aliphatic hydroxyl groups excluding tert-OH is 1. The molecular weight excluding hydrogens is 282 g/mol. The van der Waals surface area contributed by atoms with E-state index in [-0.39, 0.29) is 18.2 Å². The monoisotopic (exact) mass is 301 g/mol. The van der Waals surface area contributed by atoms with Crippen molar-refractivity contribution in [3.8, 4) is 0 Å². The van der Waals surface area contributed by atoms with Gasteiger partial charge in [0.25, 0.3) is 0 Å². The Hall–Kier alpha value is -1.73. The van der Waals surface area contributed by atoms with Crippen molar-refractivity contribution in [2.45, 2.75) is 37.1 Å². The van der Waals surface area contributed by atoms with Gasteiger partial charge in [0.05, 0.1) is 18.8 Å². The fourth-order valence-electron chi connectivity index (χ4n) is 3.22. The number of hydrogen-bond donors (Lipinski definition) is 2. The van der Waals surface area contributed by atoms with Gasteiger partial charge in [-0.05, 0) is 11.6 Å². The zero-order valence-electron chi connectivity index (χ0n) is 12.1. The van der Waals surface area contributed by atoms with Crippen LogP contribution in [0.5, 0.6) is 0 Å². The molecule has 6 heteroatoms. The number of fused-ring (bicyclic) bond motifs is 2. The van der Waals surface area contributed by atoms with E-state index in [2.05, 4.69) is 22.5 Å². The summed E-state index contributed by atoms with van der Waals surface area (Å²) in [6.07, 6.45) is 2.34. The zero-order chi connectivity index (χ0) is 14.9. The molecule has 0 saturated carbocycles. The smallest absolute Gasteiger partial charge is 0.183 e. The molecule has 1 aromatic carbocycles. The molecule has 0 aliphatic carbocycles. The third-order valence-electron chi connectivity index (χ3n) is 4.35. The number of hydrogen-bond acceptors (Lipinski definition) is 5. The van der Waals surface area contributed by atoms with Crippen molar-refractivity contribution in [2.75, 3.05) is 6.61 Å². The highest BCUT2D eigenvalue weighted by molar-refractivity contribution is 5.15.